The zero-order valence-electron chi connectivity index (χ0n) is 20.7. The summed E-state index contributed by atoms with van der Waals surface area (Å²) in [6, 6.07) is 10.2. The highest BCUT2D eigenvalue weighted by Gasteiger charge is 2.38. The van der Waals surface area contributed by atoms with Gasteiger partial charge in [0, 0.05) is 10.3 Å². The van der Waals surface area contributed by atoms with Crippen LogP contribution in [0.2, 0.25) is 0 Å². The van der Waals surface area contributed by atoms with Crippen LogP contribution in [0.4, 0.5) is 15.3 Å². The third-order valence-electron chi connectivity index (χ3n) is 4.18. The molecule has 0 atom stereocenters. The first kappa shape index (κ1) is 26.6. The van der Waals surface area contributed by atoms with Crippen LogP contribution < -0.4 is 9.63 Å². The number of carbonyl (C=O) groups is 3. The van der Waals surface area contributed by atoms with Gasteiger partial charge >= 0.3 is 18.2 Å². The molecule has 1 aromatic heterocycles. The highest BCUT2D eigenvalue weighted by molar-refractivity contribution is 6.11. The fourth-order valence-corrected chi connectivity index (χ4v) is 3.03. The van der Waals surface area contributed by atoms with Gasteiger partial charge in [0.25, 0.3) is 5.69 Å². The summed E-state index contributed by atoms with van der Waals surface area (Å²) < 4.78 is 16.7. The van der Waals surface area contributed by atoms with Crippen molar-refractivity contribution in [3.8, 4) is 11.3 Å². The summed E-state index contributed by atoms with van der Waals surface area (Å²) in [5, 5.41) is 10.9. The molecule has 184 valence electrons. The predicted molar refractivity (Wildman–Crippen MR) is 125 cm³/mol. The van der Waals surface area contributed by atoms with E-state index in [0.29, 0.717) is 11.1 Å². The zero-order chi connectivity index (χ0) is 25.7. The number of amides is 2. The fourth-order valence-electron chi connectivity index (χ4n) is 3.03. The predicted octanol–water partition coefficient (Wildman–Crippen LogP) is 4.66. The molecule has 0 aliphatic heterocycles. The summed E-state index contributed by atoms with van der Waals surface area (Å²) in [6.07, 6.45) is -0.850. The summed E-state index contributed by atoms with van der Waals surface area (Å²) >= 11 is 0. The van der Waals surface area contributed by atoms with Gasteiger partial charge in [-0.1, -0.05) is 18.2 Å². The molecule has 0 fully saturated rings. The Balaban J connectivity index is 2.75. The number of nitrogens with zero attached hydrogens (tertiary/aromatic N) is 2. The van der Waals surface area contributed by atoms with Crippen molar-refractivity contribution in [2.45, 2.75) is 66.1 Å². The van der Waals surface area contributed by atoms with Crippen LogP contribution in [0.1, 0.15) is 54.0 Å². The number of imide groups is 1. The van der Waals surface area contributed by atoms with Gasteiger partial charge in [-0.2, -0.15) is 4.90 Å². The molecule has 34 heavy (non-hydrogen) atoms. The average molecular weight is 474 g/mol. The van der Waals surface area contributed by atoms with Gasteiger partial charge in [-0.3, -0.25) is 10.0 Å². The molecule has 0 aliphatic rings. The van der Waals surface area contributed by atoms with E-state index in [4.69, 9.17) is 14.2 Å². The van der Waals surface area contributed by atoms with E-state index < -0.39 is 29.4 Å². The van der Waals surface area contributed by atoms with Gasteiger partial charge in [-0.15, -0.1) is 0 Å². The highest BCUT2D eigenvalue weighted by Crippen LogP contribution is 2.31. The molecule has 0 radical (unpaired) electrons. The Labute approximate surface area is 199 Å². The molecular weight excluding hydrogens is 440 g/mol. The number of benzene rings is 1. The molecule has 0 unspecified atom stereocenters. The van der Waals surface area contributed by atoms with E-state index in [2.05, 4.69) is 0 Å². The van der Waals surface area contributed by atoms with Crippen LogP contribution >= 0.6 is 0 Å². The fraction of sp³-hybridized carbons (Fsp3) is 0.440. The molecule has 2 rings (SSSR count). The Morgan fingerprint density at radius 2 is 1.47 bits per heavy atom. The topological polar surface area (TPSA) is 106 Å². The maximum atomic E-state index is 13.2. The van der Waals surface area contributed by atoms with E-state index in [1.54, 1.807) is 78.8 Å². The van der Waals surface area contributed by atoms with Gasteiger partial charge in [-0.25, -0.2) is 9.59 Å². The number of hydrogen-bond donors (Lipinski definition) is 1. The van der Waals surface area contributed by atoms with E-state index in [-0.39, 0.29) is 24.4 Å². The quantitative estimate of drug-likeness (QED) is 0.291. The van der Waals surface area contributed by atoms with E-state index in [9.17, 15) is 19.6 Å². The van der Waals surface area contributed by atoms with E-state index >= 15 is 0 Å². The number of hydrogen-bond acceptors (Lipinski definition) is 7. The molecule has 1 aromatic carbocycles. The Hall–Kier alpha value is -3.62. The number of carbonyl (C=O) groups excluding carboxylic acids is 3. The van der Waals surface area contributed by atoms with Crippen LogP contribution in [0.25, 0.3) is 11.3 Å². The number of pyridine rings is 1. The minimum atomic E-state index is -0.993. The molecular formula is C25H33N2O7+. The maximum Gasteiger partial charge on any atom is 0.424 e. The van der Waals surface area contributed by atoms with E-state index in [1.165, 1.54) is 12.3 Å². The van der Waals surface area contributed by atoms with Crippen molar-refractivity contribution in [1.82, 2.24) is 0 Å². The number of anilines is 1. The molecule has 2 aromatic rings. The van der Waals surface area contributed by atoms with Gasteiger partial charge in [0.15, 0.2) is 0 Å². The summed E-state index contributed by atoms with van der Waals surface area (Å²) in [7, 11) is 0. The number of esters is 1. The van der Waals surface area contributed by atoms with Crippen LogP contribution in [-0.4, -0.2) is 41.2 Å². The monoisotopic (exact) mass is 473 g/mol. The average Bonchev–Trinajstić information content (AvgIpc) is 2.66. The van der Waals surface area contributed by atoms with Crippen molar-refractivity contribution in [2.75, 3.05) is 11.5 Å². The first-order valence-corrected chi connectivity index (χ1v) is 11.0. The van der Waals surface area contributed by atoms with Crippen LogP contribution in [0, 0.1) is 0 Å². The smallest absolute Gasteiger partial charge is 0.424 e. The van der Waals surface area contributed by atoms with Crippen LogP contribution in [-0.2, 0) is 25.4 Å². The van der Waals surface area contributed by atoms with Crippen LogP contribution in [0.3, 0.4) is 0 Å². The minimum absolute atomic E-state index is 0.0148. The minimum Gasteiger partial charge on any atom is -0.466 e. The Bertz CT molecular complexity index is 1010. The van der Waals surface area contributed by atoms with Gasteiger partial charge in [0.05, 0.1) is 18.6 Å². The lowest BCUT2D eigenvalue weighted by atomic mass is 10.1. The van der Waals surface area contributed by atoms with Crippen molar-refractivity contribution >= 4 is 23.8 Å². The molecule has 0 bridgehead atoms. The van der Waals surface area contributed by atoms with Crippen molar-refractivity contribution in [3.05, 3.63) is 48.2 Å². The largest absolute Gasteiger partial charge is 0.466 e. The molecule has 0 spiro atoms. The Morgan fingerprint density at radius 1 is 0.941 bits per heavy atom. The first-order chi connectivity index (χ1) is 15.7. The molecule has 0 aliphatic carbocycles. The number of rotatable bonds is 5. The van der Waals surface area contributed by atoms with E-state index in [0.717, 1.165) is 9.63 Å². The molecule has 1 N–H and O–H groups in total. The lowest BCUT2D eigenvalue weighted by Crippen LogP contribution is -2.46. The second-order valence-corrected chi connectivity index (χ2v) is 9.57. The zero-order valence-corrected chi connectivity index (χ0v) is 20.7. The van der Waals surface area contributed by atoms with Crippen LogP contribution in [0.5, 0.6) is 0 Å². The van der Waals surface area contributed by atoms with Gasteiger partial charge < -0.3 is 14.2 Å². The maximum absolute atomic E-state index is 13.2. The Kier molecular flexibility index (Phi) is 8.26. The lowest BCUT2D eigenvalue weighted by Gasteiger charge is -2.28. The van der Waals surface area contributed by atoms with Gasteiger partial charge in [-0.05, 0) is 66.7 Å². The second-order valence-electron chi connectivity index (χ2n) is 9.57. The van der Waals surface area contributed by atoms with Crippen molar-refractivity contribution in [2.24, 2.45) is 0 Å². The number of ether oxygens (including phenoxy) is 3. The summed E-state index contributed by atoms with van der Waals surface area (Å²) in [4.78, 5) is 39.3. The standard InChI is InChI=1S/C25H33N2O7/c1-8-32-20(28)15-17-14-19(21(26(31)16-17)18-12-10-9-11-13-18)27(22(29)33-24(2,3)4)23(30)34-25(5,6)7/h9-14,16,31H,8,15H2,1-7H3/q+1. The molecule has 9 nitrogen and oxygen atoms in total. The summed E-state index contributed by atoms with van der Waals surface area (Å²) in [6.45, 7) is 11.9. The molecule has 9 heteroatoms. The molecule has 0 saturated carbocycles. The van der Waals surface area contributed by atoms with Gasteiger partial charge in [0.1, 0.15) is 16.9 Å². The molecule has 1 heterocycles. The normalized spacial score (nSPS) is 11.5. The van der Waals surface area contributed by atoms with Crippen LogP contribution in [0.15, 0.2) is 42.6 Å². The third kappa shape index (κ3) is 7.47. The SMILES string of the molecule is CCOC(=O)Cc1cc(N(C(=O)OC(C)(C)C)C(=O)OC(C)(C)C)c(-c2ccccc2)[n+](O)c1. The second kappa shape index (κ2) is 10.5. The van der Waals surface area contributed by atoms with Crippen molar-refractivity contribution < 1.29 is 38.5 Å². The Morgan fingerprint density at radius 3 is 1.94 bits per heavy atom. The molecule has 2 amide bonds. The summed E-state index contributed by atoms with van der Waals surface area (Å²) in [5.74, 6) is -0.526. The number of aromatic nitrogens is 1. The van der Waals surface area contributed by atoms with E-state index in [1.807, 2.05) is 0 Å². The lowest BCUT2D eigenvalue weighted by molar-refractivity contribution is -0.896. The van der Waals surface area contributed by atoms with Crippen molar-refractivity contribution in [3.63, 3.8) is 0 Å². The van der Waals surface area contributed by atoms with Gasteiger partial charge in [0.2, 0.25) is 6.20 Å². The highest BCUT2D eigenvalue weighted by atomic mass is 16.6. The third-order valence-corrected chi connectivity index (χ3v) is 4.18. The molecule has 0 saturated heterocycles. The van der Waals surface area contributed by atoms with Crippen molar-refractivity contribution in [1.29, 1.82) is 0 Å². The first-order valence-electron chi connectivity index (χ1n) is 11.0. The summed E-state index contributed by atoms with van der Waals surface area (Å²) in [5.41, 5.74) is -0.888.